The van der Waals surface area contributed by atoms with Crippen LogP contribution >= 0.6 is 0 Å². The number of ether oxygens (including phenoxy) is 1. The van der Waals surface area contributed by atoms with E-state index in [1.165, 1.54) is 12.1 Å². The molecular weight excluding hydrogens is 295 g/mol. The van der Waals surface area contributed by atoms with Crippen LogP contribution in [0, 0.1) is 12.7 Å². The molecule has 122 valence electrons. The number of H-pyrrole nitrogens is 1. The van der Waals surface area contributed by atoms with Gasteiger partial charge < -0.3 is 4.74 Å². The predicted molar refractivity (Wildman–Crippen MR) is 86.3 cm³/mol. The number of rotatable bonds is 5. The Morgan fingerprint density at radius 3 is 2.83 bits per heavy atom. The number of likely N-dealkylation sites (tertiary alicyclic amines) is 1. The molecule has 2 aromatic rings. The molecule has 1 aromatic carbocycles. The minimum Gasteiger partial charge on any atom is -0.380 e. The molecule has 6 heteroatoms. The topological polar surface area (TPSA) is 54.0 Å². The number of hydrogen-bond acceptors (Lipinski definition) is 4. The van der Waals surface area contributed by atoms with Crippen LogP contribution in [0.25, 0.3) is 6.08 Å². The molecule has 0 unspecified atom stereocenters. The van der Waals surface area contributed by atoms with Gasteiger partial charge in [-0.25, -0.2) is 9.37 Å². The van der Waals surface area contributed by atoms with E-state index >= 15 is 0 Å². The van der Waals surface area contributed by atoms with Crippen molar-refractivity contribution >= 4 is 6.08 Å². The smallest absolute Gasteiger partial charge is 0.167 e. The molecule has 1 aliphatic rings. The first kappa shape index (κ1) is 15.8. The van der Waals surface area contributed by atoms with E-state index in [2.05, 4.69) is 26.2 Å². The lowest BCUT2D eigenvalue weighted by Crippen LogP contribution is -2.25. The molecule has 2 atom stereocenters. The highest BCUT2D eigenvalue weighted by molar-refractivity contribution is 5.49. The van der Waals surface area contributed by atoms with Crippen LogP contribution in [-0.2, 0) is 4.74 Å². The quantitative estimate of drug-likeness (QED) is 0.921. The fourth-order valence-corrected chi connectivity index (χ4v) is 2.91. The summed E-state index contributed by atoms with van der Waals surface area (Å²) in [7, 11) is 1.74. The Hall–Kier alpha value is -2.05. The number of hydrogen-bond donors (Lipinski definition) is 1. The fourth-order valence-electron chi connectivity index (χ4n) is 2.91. The van der Waals surface area contributed by atoms with Gasteiger partial charge in [0, 0.05) is 20.2 Å². The van der Waals surface area contributed by atoms with Crippen molar-refractivity contribution in [2.45, 2.75) is 25.5 Å². The SMILES string of the molecule is CO[C@@H]1C[C@@H](c2n[nH]c(C)n2)N(CC=Cc2ccc(F)cc2)C1. The Morgan fingerprint density at radius 1 is 1.39 bits per heavy atom. The summed E-state index contributed by atoms with van der Waals surface area (Å²) in [6.45, 7) is 3.52. The van der Waals surface area contributed by atoms with E-state index in [0.29, 0.717) is 0 Å². The maximum Gasteiger partial charge on any atom is 0.167 e. The lowest BCUT2D eigenvalue weighted by atomic mass is 10.2. The van der Waals surface area contributed by atoms with Crippen LogP contribution < -0.4 is 0 Å². The second kappa shape index (κ2) is 7.02. The van der Waals surface area contributed by atoms with Gasteiger partial charge in [0.15, 0.2) is 5.82 Å². The molecule has 23 heavy (non-hydrogen) atoms. The van der Waals surface area contributed by atoms with E-state index in [1.807, 2.05) is 13.0 Å². The zero-order valence-electron chi connectivity index (χ0n) is 13.4. The van der Waals surface area contributed by atoms with E-state index in [-0.39, 0.29) is 18.0 Å². The van der Waals surface area contributed by atoms with Gasteiger partial charge in [0.1, 0.15) is 11.6 Å². The summed E-state index contributed by atoms with van der Waals surface area (Å²) in [6, 6.07) is 6.63. The molecule has 0 saturated carbocycles. The molecule has 1 saturated heterocycles. The van der Waals surface area contributed by atoms with Gasteiger partial charge in [0.25, 0.3) is 0 Å². The van der Waals surface area contributed by atoms with Gasteiger partial charge in [-0.15, -0.1) is 0 Å². The lowest BCUT2D eigenvalue weighted by Gasteiger charge is -2.19. The second-order valence-corrected chi connectivity index (χ2v) is 5.80. The highest BCUT2D eigenvalue weighted by atomic mass is 19.1. The second-order valence-electron chi connectivity index (χ2n) is 5.80. The summed E-state index contributed by atoms with van der Waals surface area (Å²) in [5.74, 6) is 1.42. The highest BCUT2D eigenvalue weighted by Crippen LogP contribution is 2.31. The van der Waals surface area contributed by atoms with Crippen molar-refractivity contribution in [2.24, 2.45) is 0 Å². The van der Waals surface area contributed by atoms with Crippen LogP contribution in [0.5, 0.6) is 0 Å². The van der Waals surface area contributed by atoms with Gasteiger partial charge in [-0.3, -0.25) is 10.00 Å². The molecule has 2 heterocycles. The van der Waals surface area contributed by atoms with Crippen LogP contribution in [0.1, 0.15) is 29.7 Å². The van der Waals surface area contributed by atoms with Crippen molar-refractivity contribution in [3.63, 3.8) is 0 Å². The molecule has 1 N–H and O–H groups in total. The minimum absolute atomic E-state index is 0.155. The summed E-state index contributed by atoms with van der Waals surface area (Å²) in [4.78, 5) is 6.76. The fraction of sp³-hybridized carbons (Fsp3) is 0.412. The summed E-state index contributed by atoms with van der Waals surface area (Å²) in [6.07, 6.45) is 5.16. The van der Waals surface area contributed by atoms with Crippen molar-refractivity contribution in [1.82, 2.24) is 20.1 Å². The Kier molecular flexibility index (Phi) is 4.83. The van der Waals surface area contributed by atoms with Crippen molar-refractivity contribution in [3.05, 3.63) is 53.4 Å². The Bertz CT molecular complexity index is 667. The molecule has 3 rings (SSSR count). The third-order valence-corrected chi connectivity index (χ3v) is 4.13. The highest BCUT2D eigenvalue weighted by Gasteiger charge is 2.34. The zero-order chi connectivity index (χ0) is 16.2. The van der Waals surface area contributed by atoms with Gasteiger partial charge in [-0.1, -0.05) is 24.3 Å². The molecule has 0 amide bonds. The molecular formula is C17H21FN4O. The number of nitrogens with zero attached hydrogens (tertiary/aromatic N) is 3. The normalized spacial score (nSPS) is 22.2. The van der Waals surface area contributed by atoms with E-state index in [4.69, 9.17) is 4.74 Å². The Balaban J connectivity index is 1.67. The Morgan fingerprint density at radius 2 is 2.17 bits per heavy atom. The maximum atomic E-state index is 12.9. The molecule has 0 aliphatic carbocycles. The molecule has 1 aliphatic heterocycles. The van der Waals surface area contributed by atoms with Gasteiger partial charge in [0.2, 0.25) is 0 Å². The summed E-state index contributed by atoms with van der Waals surface area (Å²) in [5.41, 5.74) is 0.985. The number of methoxy groups -OCH3 is 1. The summed E-state index contributed by atoms with van der Waals surface area (Å²) < 4.78 is 18.4. The average Bonchev–Trinajstić information content (AvgIpc) is 3.15. The Labute approximate surface area is 135 Å². The van der Waals surface area contributed by atoms with Gasteiger partial charge in [-0.2, -0.15) is 5.10 Å². The molecule has 1 aromatic heterocycles. The third-order valence-electron chi connectivity index (χ3n) is 4.13. The van der Waals surface area contributed by atoms with Crippen LogP contribution in [0.15, 0.2) is 30.3 Å². The minimum atomic E-state index is -0.218. The van der Waals surface area contributed by atoms with E-state index in [0.717, 1.165) is 36.7 Å². The third kappa shape index (κ3) is 3.83. The molecule has 0 radical (unpaired) electrons. The largest absolute Gasteiger partial charge is 0.380 e. The first-order chi connectivity index (χ1) is 11.2. The molecule has 0 spiro atoms. The summed E-state index contributed by atoms with van der Waals surface area (Å²) in [5, 5.41) is 7.20. The first-order valence-electron chi connectivity index (χ1n) is 7.73. The number of nitrogens with one attached hydrogen (secondary N) is 1. The predicted octanol–water partition coefficient (Wildman–Crippen LogP) is 2.73. The van der Waals surface area contributed by atoms with Crippen LogP contribution in [0.3, 0.4) is 0 Å². The summed E-state index contributed by atoms with van der Waals surface area (Å²) >= 11 is 0. The van der Waals surface area contributed by atoms with E-state index in [9.17, 15) is 4.39 Å². The lowest BCUT2D eigenvalue weighted by molar-refractivity contribution is 0.109. The van der Waals surface area contributed by atoms with Gasteiger partial charge in [-0.05, 0) is 31.0 Å². The maximum absolute atomic E-state index is 12.9. The molecule has 1 fully saturated rings. The first-order valence-corrected chi connectivity index (χ1v) is 7.73. The zero-order valence-corrected chi connectivity index (χ0v) is 13.4. The van der Waals surface area contributed by atoms with Crippen molar-refractivity contribution in [1.29, 1.82) is 0 Å². The number of aromatic nitrogens is 3. The van der Waals surface area contributed by atoms with Gasteiger partial charge in [0.05, 0.1) is 12.1 Å². The number of halogens is 1. The van der Waals surface area contributed by atoms with Crippen molar-refractivity contribution in [3.8, 4) is 0 Å². The van der Waals surface area contributed by atoms with E-state index in [1.54, 1.807) is 19.2 Å². The number of benzene rings is 1. The average molecular weight is 316 g/mol. The van der Waals surface area contributed by atoms with Gasteiger partial charge >= 0.3 is 0 Å². The van der Waals surface area contributed by atoms with Crippen LogP contribution in [-0.4, -0.2) is 46.4 Å². The van der Waals surface area contributed by atoms with Crippen molar-refractivity contribution < 1.29 is 9.13 Å². The standard InChI is InChI=1S/C17H21FN4O/c1-12-19-17(21-20-12)16-10-15(23-2)11-22(16)9-3-4-13-5-7-14(18)8-6-13/h3-8,15-16H,9-11H2,1-2H3,(H,19,20,21)/t15-,16+/m1/s1. The number of aromatic amines is 1. The molecule has 0 bridgehead atoms. The van der Waals surface area contributed by atoms with Crippen molar-refractivity contribution in [2.75, 3.05) is 20.2 Å². The molecule has 5 nitrogen and oxygen atoms in total. The monoisotopic (exact) mass is 316 g/mol. The van der Waals surface area contributed by atoms with Crippen LogP contribution in [0.4, 0.5) is 4.39 Å². The number of aryl methyl sites for hydroxylation is 1. The van der Waals surface area contributed by atoms with E-state index < -0.39 is 0 Å². The van der Waals surface area contributed by atoms with Crippen LogP contribution in [0.2, 0.25) is 0 Å².